The molecule has 0 unspecified atom stereocenters. The number of aryl methyl sites for hydroxylation is 2. The molecule has 0 aliphatic rings. The molecule has 7 nitrogen and oxygen atoms in total. The van der Waals surface area contributed by atoms with Crippen molar-refractivity contribution >= 4 is 5.91 Å². The van der Waals surface area contributed by atoms with Crippen molar-refractivity contribution < 1.29 is 14.3 Å². The molecule has 142 valence electrons. The van der Waals surface area contributed by atoms with E-state index >= 15 is 0 Å². The van der Waals surface area contributed by atoms with Gasteiger partial charge in [0.2, 0.25) is 5.91 Å². The minimum absolute atomic E-state index is 0.0683. The SMILES string of the molecule is COc1ccc(CCNC(=O)Cn2c(C)cc(C)c(C#N)c2=O)cc1OC. The molecule has 7 heteroatoms. The van der Waals surface area contributed by atoms with Crippen LogP contribution in [-0.4, -0.2) is 31.2 Å². The molecule has 1 aromatic carbocycles. The summed E-state index contributed by atoms with van der Waals surface area (Å²) in [6.45, 7) is 3.75. The number of aromatic nitrogens is 1. The smallest absolute Gasteiger partial charge is 0.269 e. The Morgan fingerprint density at radius 3 is 2.52 bits per heavy atom. The predicted molar refractivity (Wildman–Crippen MR) is 101 cm³/mol. The molecule has 0 atom stereocenters. The first kappa shape index (κ1) is 20.0. The van der Waals surface area contributed by atoms with Crippen LogP contribution in [0.2, 0.25) is 0 Å². The molecule has 0 fully saturated rings. The van der Waals surface area contributed by atoms with E-state index in [0.29, 0.717) is 35.7 Å². The fourth-order valence-electron chi connectivity index (χ4n) is 2.84. The lowest BCUT2D eigenvalue weighted by molar-refractivity contribution is -0.121. The third-order valence-electron chi connectivity index (χ3n) is 4.30. The van der Waals surface area contributed by atoms with Crippen LogP contribution in [0.5, 0.6) is 11.5 Å². The van der Waals surface area contributed by atoms with Crippen molar-refractivity contribution in [3.8, 4) is 17.6 Å². The predicted octanol–water partition coefficient (Wildman–Crippen LogP) is 1.71. The van der Waals surface area contributed by atoms with Gasteiger partial charge in [0.1, 0.15) is 18.2 Å². The zero-order valence-electron chi connectivity index (χ0n) is 16.0. The van der Waals surface area contributed by atoms with Crippen molar-refractivity contribution in [1.82, 2.24) is 9.88 Å². The number of methoxy groups -OCH3 is 2. The van der Waals surface area contributed by atoms with Gasteiger partial charge in [-0.15, -0.1) is 0 Å². The molecule has 0 spiro atoms. The van der Waals surface area contributed by atoms with Gasteiger partial charge in [0.25, 0.3) is 5.56 Å². The summed E-state index contributed by atoms with van der Waals surface area (Å²) in [7, 11) is 3.14. The van der Waals surface area contributed by atoms with Gasteiger partial charge in [0.15, 0.2) is 11.5 Å². The van der Waals surface area contributed by atoms with E-state index in [1.54, 1.807) is 34.1 Å². The highest BCUT2D eigenvalue weighted by atomic mass is 16.5. The summed E-state index contributed by atoms with van der Waals surface area (Å²) in [4.78, 5) is 24.6. The van der Waals surface area contributed by atoms with Crippen LogP contribution < -0.4 is 20.3 Å². The number of carbonyl (C=O) groups is 1. The molecular weight excluding hydrogens is 346 g/mol. The van der Waals surface area contributed by atoms with E-state index in [2.05, 4.69) is 5.32 Å². The largest absolute Gasteiger partial charge is 0.493 e. The van der Waals surface area contributed by atoms with Gasteiger partial charge in [0, 0.05) is 12.2 Å². The molecular formula is C20H23N3O4. The van der Waals surface area contributed by atoms with Crippen molar-refractivity contribution in [1.29, 1.82) is 5.26 Å². The molecule has 1 amide bonds. The maximum atomic E-state index is 12.3. The molecule has 0 saturated heterocycles. The Balaban J connectivity index is 2.00. The first-order valence-corrected chi connectivity index (χ1v) is 8.50. The molecule has 0 saturated carbocycles. The molecule has 0 aliphatic heterocycles. The Kier molecular flexibility index (Phi) is 6.61. The third-order valence-corrected chi connectivity index (χ3v) is 4.30. The summed E-state index contributed by atoms with van der Waals surface area (Å²) in [6, 6.07) is 9.21. The first-order valence-electron chi connectivity index (χ1n) is 8.50. The van der Waals surface area contributed by atoms with Crippen LogP contribution in [0.25, 0.3) is 0 Å². The number of rotatable bonds is 7. The topological polar surface area (TPSA) is 93.4 Å². The first-order chi connectivity index (χ1) is 12.9. The molecule has 0 aliphatic carbocycles. The van der Waals surface area contributed by atoms with Gasteiger partial charge in [0.05, 0.1) is 14.2 Å². The van der Waals surface area contributed by atoms with E-state index in [1.165, 1.54) is 4.57 Å². The average molecular weight is 369 g/mol. The highest BCUT2D eigenvalue weighted by Gasteiger charge is 2.13. The van der Waals surface area contributed by atoms with Crippen LogP contribution in [0.4, 0.5) is 0 Å². The summed E-state index contributed by atoms with van der Waals surface area (Å²) < 4.78 is 11.8. The second kappa shape index (κ2) is 8.90. The molecule has 1 aromatic heterocycles. The maximum absolute atomic E-state index is 12.3. The minimum atomic E-state index is -0.440. The Morgan fingerprint density at radius 2 is 1.89 bits per heavy atom. The molecule has 2 rings (SSSR count). The Morgan fingerprint density at radius 1 is 1.19 bits per heavy atom. The number of carbonyl (C=O) groups excluding carboxylic acids is 1. The number of nitrogens with one attached hydrogen (secondary N) is 1. The van der Waals surface area contributed by atoms with E-state index in [0.717, 1.165) is 5.56 Å². The van der Waals surface area contributed by atoms with E-state index in [-0.39, 0.29) is 18.0 Å². The van der Waals surface area contributed by atoms with Crippen LogP contribution in [-0.2, 0) is 17.8 Å². The zero-order chi connectivity index (χ0) is 20.0. The normalized spacial score (nSPS) is 10.2. The molecule has 0 bridgehead atoms. The van der Waals surface area contributed by atoms with Gasteiger partial charge in [-0.05, 0) is 49.6 Å². The lowest BCUT2D eigenvalue weighted by Crippen LogP contribution is -2.35. The number of nitriles is 1. The van der Waals surface area contributed by atoms with Gasteiger partial charge in [-0.3, -0.25) is 9.59 Å². The highest BCUT2D eigenvalue weighted by molar-refractivity contribution is 5.75. The van der Waals surface area contributed by atoms with Crippen molar-refractivity contribution in [2.75, 3.05) is 20.8 Å². The number of hydrogen-bond donors (Lipinski definition) is 1. The Labute approximate surface area is 158 Å². The third kappa shape index (κ3) is 4.67. The van der Waals surface area contributed by atoms with E-state index in [1.807, 2.05) is 24.3 Å². The van der Waals surface area contributed by atoms with E-state index in [9.17, 15) is 9.59 Å². The second-order valence-corrected chi connectivity index (χ2v) is 6.14. The average Bonchev–Trinajstić information content (AvgIpc) is 2.65. The lowest BCUT2D eigenvalue weighted by atomic mass is 10.1. The number of hydrogen-bond acceptors (Lipinski definition) is 5. The van der Waals surface area contributed by atoms with Crippen molar-refractivity contribution in [3.63, 3.8) is 0 Å². The minimum Gasteiger partial charge on any atom is -0.493 e. The van der Waals surface area contributed by atoms with E-state index in [4.69, 9.17) is 14.7 Å². The number of amides is 1. The standard InChI is InChI=1S/C20H23N3O4/c1-13-9-14(2)23(20(25)16(13)11-21)12-19(24)22-8-7-15-5-6-17(26-3)18(10-15)27-4/h5-6,9-10H,7-8,12H2,1-4H3,(H,22,24). The van der Waals surface area contributed by atoms with Gasteiger partial charge in [-0.25, -0.2) is 0 Å². The quantitative estimate of drug-likeness (QED) is 0.802. The van der Waals surface area contributed by atoms with Crippen LogP contribution in [0.1, 0.15) is 22.4 Å². The zero-order valence-corrected chi connectivity index (χ0v) is 16.0. The van der Waals surface area contributed by atoms with E-state index < -0.39 is 5.56 Å². The summed E-state index contributed by atoms with van der Waals surface area (Å²) in [6.07, 6.45) is 0.608. The molecule has 27 heavy (non-hydrogen) atoms. The van der Waals surface area contributed by atoms with Crippen molar-refractivity contribution in [2.24, 2.45) is 0 Å². The highest BCUT2D eigenvalue weighted by Crippen LogP contribution is 2.27. The number of pyridine rings is 1. The van der Waals surface area contributed by atoms with Crippen LogP contribution >= 0.6 is 0 Å². The summed E-state index contributed by atoms with van der Waals surface area (Å²) >= 11 is 0. The fourth-order valence-corrected chi connectivity index (χ4v) is 2.84. The molecule has 0 radical (unpaired) electrons. The lowest BCUT2D eigenvalue weighted by Gasteiger charge is -2.13. The van der Waals surface area contributed by atoms with Crippen molar-refractivity contribution in [2.45, 2.75) is 26.8 Å². The number of ether oxygens (including phenoxy) is 2. The summed E-state index contributed by atoms with van der Waals surface area (Å²) in [5, 5.41) is 11.9. The number of nitrogens with zero attached hydrogens (tertiary/aromatic N) is 2. The Bertz CT molecular complexity index is 941. The van der Waals surface area contributed by atoms with Gasteiger partial charge in [-0.2, -0.15) is 5.26 Å². The van der Waals surface area contributed by atoms with Crippen LogP contribution in [0.15, 0.2) is 29.1 Å². The van der Waals surface area contributed by atoms with Crippen LogP contribution in [0.3, 0.4) is 0 Å². The summed E-state index contributed by atoms with van der Waals surface area (Å²) in [5.74, 6) is 0.994. The fraction of sp³-hybridized carbons (Fsp3) is 0.350. The maximum Gasteiger partial charge on any atom is 0.269 e. The molecule has 1 heterocycles. The second-order valence-electron chi connectivity index (χ2n) is 6.14. The molecule has 1 N–H and O–H groups in total. The molecule has 2 aromatic rings. The summed E-state index contributed by atoms with van der Waals surface area (Å²) in [5.41, 5.74) is 1.88. The van der Waals surface area contributed by atoms with Gasteiger partial charge in [-0.1, -0.05) is 6.07 Å². The van der Waals surface area contributed by atoms with Gasteiger partial charge < -0.3 is 19.4 Å². The monoisotopic (exact) mass is 369 g/mol. The Hall–Kier alpha value is -3.27. The number of benzene rings is 1. The van der Waals surface area contributed by atoms with Gasteiger partial charge >= 0.3 is 0 Å². The van der Waals surface area contributed by atoms with Crippen LogP contribution in [0, 0.1) is 25.2 Å². The van der Waals surface area contributed by atoms with Crippen molar-refractivity contribution in [3.05, 3.63) is 57.0 Å².